The van der Waals surface area contributed by atoms with Crippen molar-refractivity contribution in [2.45, 2.75) is 24.3 Å². The molecule has 0 fully saturated rings. The van der Waals surface area contributed by atoms with Gasteiger partial charge in [0.25, 0.3) is 0 Å². The maximum absolute atomic E-state index is 12.1. The molecule has 1 aromatic rings. The van der Waals surface area contributed by atoms with Crippen LogP contribution in [-0.2, 0) is 14.8 Å². The van der Waals surface area contributed by atoms with Crippen LogP contribution in [0.4, 0.5) is 11.4 Å². The minimum absolute atomic E-state index is 0.0266. The average Bonchev–Trinajstić information content (AvgIpc) is 2.30. The molecule has 5 N–H and O–H groups in total. The van der Waals surface area contributed by atoms with Crippen molar-refractivity contribution >= 4 is 27.3 Å². The normalized spacial score (nSPS) is 13.2. The quantitative estimate of drug-likeness (QED) is 0.648. The van der Waals surface area contributed by atoms with Gasteiger partial charge in [0.15, 0.2) is 0 Å². The first-order chi connectivity index (χ1) is 9.16. The number of para-hydroxylation sites is 1. The highest BCUT2D eigenvalue weighted by Crippen LogP contribution is 2.28. The zero-order valence-electron chi connectivity index (χ0n) is 11.8. The third-order valence-electron chi connectivity index (χ3n) is 2.73. The van der Waals surface area contributed by atoms with Crippen molar-refractivity contribution in [1.82, 2.24) is 4.31 Å². The summed E-state index contributed by atoms with van der Waals surface area (Å²) >= 11 is 0. The van der Waals surface area contributed by atoms with Crippen LogP contribution in [0, 0.1) is 0 Å². The standard InChI is InChI=1S/C12H20N4O3S/c1-8(7-11(13)17)15-9-5-4-6-10(12(9)14)20(18,19)16(2)3/h4-6,8,15H,7,14H2,1-3H3,(H2,13,17). The zero-order chi connectivity index (χ0) is 15.5. The largest absolute Gasteiger partial charge is 0.396 e. The van der Waals surface area contributed by atoms with E-state index in [1.807, 2.05) is 0 Å². The molecule has 7 nitrogen and oxygen atoms in total. The number of primary amides is 1. The summed E-state index contributed by atoms with van der Waals surface area (Å²) in [5, 5.41) is 2.98. The maximum Gasteiger partial charge on any atom is 0.244 e. The van der Waals surface area contributed by atoms with Crippen LogP contribution in [0.15, 0.2) is 23.1 Å². The van der Waals surface area contributed by atoms with Gasteiger partial charge >= 0.3 is 0 Å². The second-order valence-electron chi connectivity index (χ2n) is 4.72. The van der Waals surface area contributed by atoms with Crippen molar-refractivity contribution in [3.05, 3.63) is 18.2 Å². The second kappa shape index (κ2) is 6.10. The van der Waals surface area contributed by atoms with Crippen LogP contribution in [0.5, 0.6) is 0 Å². The fourth-order valence-corrected chi connectivity index (χ4v) is 2.74. The average molecular weight is 300 g/mol. The predicted molar refractivity (Wildman–Crippen MR) is 78.6 cm³/mol. The van der Waals surface area contributed by atoms with Gasteiger partial charge in [-0.1, -0.05) is 6.07 Å². The number of hydrogen-bond acceptors (Lipinski definition) is 5. The number of rotatable bonds is 6. The first kappa shape index (κ1) is 16.3. The Bertz CT molecular complexity index is 599. The number of nitrogen functional groups attached to an aromatic ring is 1. The molecular formula is C12H20N4O3S. The van der Waals surface area contributed by atoms with Crippen molar-refractivity contribution in [2.24, 2.45) is 5.73 Å². The molecule has 0 saturated heterocycles. The lowest BCUT2D eigenvalue weighted by molar-refractivity contribution is -0.118. The lowest BCUT2D eigenvalue weighted by Crippen LogP contribution is -2.26. The summed E-state index contributed by atoms with van der Waals surface area (Å²) < 4.78 is 25.3. The lowest BCUT2D eigenvalue weighted by atomic mass is 10.2. The molecule has 1 unspecified atom stereocenters. The van der Waals surface area contributed by atoms with Crippen LogP contribution in [0.25, 0.3) is 0 Å². The molecule has 0 bridgehead atoms. The van der Waals surface area contributed by atoms with Crippen molar-refractivity contribution in [3.8, 4) is 0 Å². The number of anilines is 2. The molecule has 1 aromatic carbocycles. The Kier molecular flexibility index (Phi) is 4.96. The van der Waals surface area contributed by atoms with E-state index in [1.54, 1.807) is 19.1 Å². The van der Waals surface area contributed by atoms with Gasteiger partial charge in [-0.25, -0.2) is 12.7 Å². The van der Waals surface area contributed by atoms with E-state index in [1.165, 1.54) is 20.2 Å². The van der Waals surface area contributed by atoms with E-state index in [0.717, 1.165) is 4.31 Å². The van der Waals surface area contributed by atoms with Gasteiger partial charge in [-0.05, 0) is 19.1 Å². The van der Waals surface area contributed by atoms with E-state index in [9.17, 15) is 13.2 Å². The first-order valence-corrected chi connectivity index (χ1v) is 7.46. The predicted octanol–water partition coefficient (Wildman–Crippen LogP) is 0.195. The van der Waals surface area contributed by atoms with Gasteiger partial charge in [0, 0.05) is 26.6 Å². The number of carbonyl (C=O) groups is 1. The monoisotopic (exact) mass is 300 g/mol. The summed E-state index contributed by atoms with van der Waals surface area (Å²) in [5.41, 5.74) is 11.6. The highest BCUT2D eigenvalue weighted by molar-refractivity contribution is 7.89. The number of carbonyl (C=O) groups excluding carboxylic acids is 1. The molecule has 112 valence electrons. The van der Waals surface area contributed by atoms with Crippen LogP contribution in [0.2, 0.25) is 0 Å². The van der Waals surface area contributed by atoms with E-state index < -0.39 is 15.9 Å². The van der Waals surface area contributed by atoms with Crippen LogP contribution in [-0.4, -0.2) is 38.8 Å². The molecule has 0 aliphatic carbocycles. The molecule has 0 heterocycles. The smallest absolute Gasteiger partial charge is 0.244 e. The van der Waals surface area contributed by atoms with Crippen molar-refractivity contribution in [1.29, 1.82) is 0 Å². The molecule has 0 aromatic heterocycles. The lowest BCUT2D eigenvalue weighted by Gasteiger charge is -2.19. The molecule has 0 aliphatic rings. The summed E-state index contributed by atoms with van der Waals surface area (Å²) in [6, 6.07) is 4.44. The third-order valence-corrected chi connectivity index (χ3v) is 4.61. The highest BCUT2D eigenvalue weighted by atomic mass is 32.2. The fraction of sp³-hybridized carbons (Fsp3) is 0.417. The molecule has 1 amide bonds. The van der Waals surface area contributed by atoms with Gasteiger partial charge in [0.1, 0.15) is 4.90 Å². The van der Waals surface area contributed by atoms with E-state index >= 15 is 0 Å². The summed E-state index contributed by atoms with van der Waals surface area (Å²) in [4.78, 5) is 10.9. The van der Waals surface area contributed by atoms with Gasteiger partial charge in [-0.15, -0.1) is 0 Å². The number of nitrogens with zero attached hydrogens (tertiary/aromatic N) is 1. The molecule has 20 heavy (non-hydrogen) atoms. The number of hydrogen-bond donors (Lipinski definition) is 3. The first-order valence-electron chi connectivity index (χ1n) is 6.02. The minimum Gasteiger partial charge on any atom is -0.396 e. The second-order valence-corrected chi connectivity index (χ2v) is 6.84. The Labute approximate surface area is 119 Å². The molecule has 0 spiro atoms. The minimum atomic E-state index is -3.61. The molecule has 1 atom stereocenters. The number of nitrogens with one attached hydrogen (secondary N) is 1. The summed E-state index contributed by atoms with van der Waals surface area (Å²) in [5.74, 6) is -0.444. The highest BCUT2D eigenvalue weighted by Gasteiger charge is 2.22. The van der Waals surface area contributed by atoms with E-state index in [0.29, 0.717) is 5.69 Å². The van der Waals surface area contributed by atoms with Crippen LogP contribution in [0.1, 0.15) is 13.3 Å². The Morgan fingerprint density at radius 1 is 1.40 bits per heavy atom. The number of nitrogens with two attached hydrogens (primary N) is 2. The Hall–Kier alpha value is -1.80. The number of benzene rings is 1. The summed E-state index contributed by atoms with van der Waals surface area (Å²) in [6.45, 7) is 1.76. The summed E-state index contributed by atoms with van der Waals surface area (Å²) in [6.07, 6.45) is 0.129. The van der Waals surface area contributed by atoms with E-state index in [-0.39, 0.29) is 23.0 Å². The van der Waals surface area contributed by atoms with Crippen LogP contribution in [0.3, 0.4) is 0 Å². The maximum atomic E-state index is 12.1. The molecule has 8 heteroatoms. The van der Waals surface area contributed by atoms with E-state index in [2.05, 4.69) is 5.32 Å². The summed E-state index contributed by atoms with van der Waals surface area (Å²) in [7, 11) is -0.742. The van der Waals surface area contributed by atoms with Crippen molar-refractivity contribution in [2.75, 3.05) is 25.1 Å². The Morgan fingerprint density at radius 3 is 2.50 bits per heavy atom. The number of amides is 1. The van der Waals surface area contributed by atoms with Crippen molar-refractivity contribution in [3.63, 3.8) is 0 Å². The Morgan fingerprint density at radius 2 is 2.00 bits per heavy atom. The van der Waals surface area contributed by atoms with Gasteiger partial charge in [-0.3, -0.25) is 4.79 Å². The molecular weight excluding hydrogens is 280 g/mol. The van der Waals surface area contributed by atoms with Gasteiger partial charge in [-0.2, -0.15) is 0 Å². The third kappa shape index (κ3) is 3.61. The molecule has 1 rings (SSSR count). The van der Waals surface area contributed by atoms with Gasteiger partial charge in [0.2, 0.25) is 15.9 Å². The zero-order valence-corrected chi connectivity index (χ0v) is 12.6. The molecule has 0 aliphatic heterocycles. The van der Waals surface area contributed by atoms with Gasteiger partial charge in [0.05, 0.1) is 11.4 Å². The SMILES string of the molecule is CC(CC(N)=O)Nc1cccc(S(=O)(=O)N(C)C)c1N. The molecule has 0 saturated carbocycles. The topological polar surface area (TPSA) is 119 Å². The van der Waals surface area contributed by atoms with E-state index in [4.69, 9.17) is 11.5 Å². The number of sulfonamides is 1. The Balaban J connectivity index is 3.11. The van der Waals surface area contributed by atoms with Crippen LogP contribution < -0.4 is 16.8 Å². The van der Waals surface area contributed by atoms with Gasteiger partial charge < -0.3 is 16.8 Å². The molecule has 0 radical (unpaired) electrons. The van der Waals surface area contributed by atoms with Crippen LogP contribution >= 0.6 is 0 Å². The fourth-order valence-electron chi connectivity index (χ4n) is 1.71. The van der Waals surface area contributed by atoms with Crippen molar-refractivity contribution < 1.29 is 13.2 Å².